The summed E-state index contributed by atoms with van der Waals surface area (Å²) in [6.45, 7) is 1.78. The van der Waals surface area contributed by atoms with Crippen LogP contribution >= 0.6 is 0 Å². The second-order valence-corrected chi connectivity index (χ2v) is 6.85. The summed E-state index contributed by atoms with van der Waals surface area (Å²) in [5.74, 6) is -0.803. The molecule has 1 saturated carbocycles. The Morgan fingerprint density at radius 2 is 2.12 bits per heavy atom. The first kappa shape index (κ1) is 12.3. The van der Waals surface area contributed by atoms with Crippen molar-refractivity contribution >= 4 is 9.84 Å². The zero-order chi connectivity index (χ0) is 11.8. The molecule has 0 bridgehead atoms. The van der Waals surface area contributed by atoms with Crippen molar-refractivity contribution in [2.75, 3.05) is 24.7 Å². The molecule has 1 saturated heterocycles. The molecule has 1 aliphatic carbocycles. The van der Waals surface area contributed by atoms with E-state index < -0.39 is 15.6 Å². The highest BCUT2D eigenvalue weighted by Gasteiger charge is 2.54. The lowest BCUT2D eigenvalue weighted by Gasteiger charge is -2.27. The first-order valence-electron chi connectivity index (χ1n) is 5.64. The van der Waals surface area contributed by atoms with Gasteiger partial charge in [-0.15, -0.1) is 0 Å². The lowest BCUT2D eigenvalue weighted by Crippen LogP contribution is -2.42. The van der Waals surface area contributed by atoms with Gasteiger partial charge in [0, 0.05) is 11.7 Å². The maximum atomic E-state index is 11.7. The Balaban J connectivity index is 2.12. The minimum absolute atomic E-state index is 0.0856. The standard InChI is InChI=1S/C10H18O5S/c1-2-16(12,13)7-10(8-3-4-8)14-6-9(5-11)15-10/h8-9,11H,2-7H2,1H3/t9-,10+/m0/s1. The normalized spacial score (nSPS) is 35.5. The SMILES string of the molecule is CCS(=O)(=O)C[C@@]1(C2CC2)OC[C@H](CO)O1. The Hall–Kier alpha value is -0.170. The third kappa shape index (κ3) is 2.40. The zero-order valence-corrected chi connectivity index (χ0v) is 10.2. The zero-order valence-electron chi connectivity index (χ0n) is 9.39. The molecular formula is C10H18O5S. The predicted octanol–water partition coefficient (Wildman–Crippen LogP) is -0.0649. The molecule has 1 aliphatic heterocycles. The molecule has 1 heterocycles. The molecule has 0 unspecified atom stereocenters. The molecule has 0 aromatic heterocycles. The summed E-state index contributed by atoms with van der Waals surface area (Å²) in [6.07, 6.45) is 1.50. The molecule has 16 heavy (non-hydrogen) atoms. The van der Waals surface area contributed by atoms with Crippen LogP contribution in [-0.2, 0) is 19.3 Å². The largest absolute Gasteiger partial charge is 0.394 e. The maximum absolute atomic E-state index is 11.7. The average Bonchev–Trinajstić information content (AvgIpc) is 3.02. The summed E-state index contributed by atoms with van der Waals surface area (Å²) in [7, 11) is -3.13. The minimum atomic E-state index is -3.13. The van der Waals surface area contributed by atoms with E-state index in [9.17, 15) is 8.42 Å². The van der Waals surface area contributed by atoms with Gasteiger partial charge >= 0.3 is 0 Å². The molecule has 0 amide bonds. The lowest BCUT2D eigenvalue weighted by atomic mass is 10.2. The van der Waals surface area contributed by atoms with Crippen molar-refractivity contribution in [1.82, 2.24) is 0 Å². The number of hydrogen-bond donors (Lipinski definition) is 1. The third-order valence-corrected chi connectivity index (χ3v) is 4.87. The van der Waals surface area contributed by atoms with Crippen molar-refractivity contribution in [3.05, 3.63) is 0 Å². The van der Waals surface area contributed by atoms with Gasteiger partial charge in [0.15, 0.2) is 15.6 Å². The van der Waals surface area contributed by atoms with Crippen molar-refractivity contribution in [3.63, 3.8) is 0 Å². The average molecular weight is 250 g/mol. The highest BCUT2D eigenvalue weighted by molar-refractivity contribution is 7.91. The lowest BCUT2D eigenvalue weighted by molar-refractivity contribution is -0.169. The van der Waals surface area contributed by atoms with Gasteiger partial charge in [0.25, 0.3) is 0 Å². The van der Waals surface area contributed by atoms with Crippen LogP contribution in [0.3, 0.4) is 0 Å². The summed E-state index contributed by atoms with van der Waals surface area (Å²) in [5.41, 5.74) is 0. The van der Waals surface area contributed by atoms with Gasteiger partial charge in [0.05, 0.1) is 13.2 Å². The van der Waals surface area contributed by atoms with E-state index >= 15 is 0 Å². The molecule has 0 spiro atoms. The second-order valence-electron chi connectivity index (χ2n) is 4.50. The topological polar surface area (TPSA) is 72.8 Å². The Morgan fingerprint density at radius 3 is 2.56 bits per heavy atom. The fraction of sp³-hybridized carbons (Fsp3) is 1.00. The van der Waals surface area contributed by atoms with E-state index in [-0.39, 0.29) is 36.7 Å². The molecule has 6 heteroatoms. The summed E-state index contributed by atoms with van der Waals surface area (Å²) < 4.78 is 34.5. The van der Waals surface area contributed by atoms with E-state index in [0.29, 0.717) is 0 Å². The molecule has 94 valence electrons. The van der Waals surface area contributed by atoms with Crippen molar-refractivity contribution in [2.45, 2.75) is 31.7 Å². The van der Waals surface area contributed by atoms with Crippen LogP contribution in [0.4, 0.5) is 0 Å². The summed E-state index contributed by atoms with van der Waals surface area (Å²) >= 11 is 0. The molecular weight excluding hydrogens is 232 g/mol. The van der Waals surface area contributed by atoms with Crippen molar-refractivity contribution in [2.24, 2.45) is 5.92 Å². The molecule has 0 radical (unpaired) electrons. The van der Waals surface area contributed by atoms with E-state index in [1.165, 1.54) is 0 Å². The van der Waals surface area contributed by atoms with Crippen LogP contribution in [0.15, 0.2) is 0 Å². The van der Waals surface area contributed by atoms with Gasteiger partial charge in [0.2, 0.25) is 0 Å². The summed E-state index contributed by atoms with van der Waals surface area (Å²) in [6, 6.07) is 0. The quantitative estimate of drug-likeness (QED) is 0.739. The van der Waals surface area contributed by atoms with E-state index in [4.69, 9.17) is 14.6 Å². The fourth-order valence-electron chi connectivity index (χ4n) is 2.01. The number of aliphatic hydroxyl groups is 1. The predicted molar refractivity (Wildman–Crippen MR) is 57.7 cm³/mol. The molecule has 2 atom stereocenters. The number of sulfone groups is 1. The van der Waals surface area contributed by atoms with Crippen LogP contribution < -0.4 is 0 Å². The highest BCUT2D eigenvalue weighted by Crippen LogP contribution is 2.46. The first-order valence-corrected chi connectivity index (χ1v) is 7.46. The first-order chi connectivity index (χ1) is 7.51. The summed E-state index contributed by atoms with van der Waals surface area (Å²) in [5, 5.41) is 9.00. The van der Waals surface area contributed by atoms with E-state index in [0.717, 1.165) is 12.8 Å². The molecule has 2 aliphatic rings. The molecule has 2 rings (SSSR count). The number of ether oxygens (including phenoxy) is 2. The number of rotatable bonds is 5. The molecule has 5 nitrogen and oxygen atoms in total. The number of hydrogen-bond acceptors (Lipinski definition) is 5. The fourth-order valence-corrected chi connectivity index (χ4v) is 3.22. The van der Waals surface area contributed by atoms with E-state index in [1.54, 1.807) is 6.92 Å². The Morgan fingerprint density at radius 1 is 1.44 bits per heavy atom. The maximum Gasteiger partial charge on any atom is 0.185 e. The number of aliphatic hydroxyl groups excluding tert-OH is 1. The van der Waals surface area contributed by atoms with Gasteiger partial charge in [-0.25, -0.2) is 8.42 Å². The van der Waals surface area contributed by atoms with Crippen LogP contribution in [-0.4, -0.2) is 50.1 Å². The van der Waals surface area contributed by atoms with Crippen molar-refractivity contribution in [3.8, 4) is 0 Å². The van der Waals surface area contributed by atoms with Gasteiger partial charge in [0.1, 0.15) is 11.9 Å². The Kier molecular flexibility index (Phi) is 3.27. The van der Waals surface area contributed by atoms with Crippen LogP contribution in [0.5, 0.6) is 0 Å². The van der Waals surface area contributed by atoms with Gasteiger partial charge in [-0.2, -0.15) is 0 Å². The van der Waals surface area contributed by atoms with Gasteiger partial charge < -0.3 is 14.6 Å². The second kappa shape index (κ2) is 4.25. The molecule has 1 N–H and O–H groups in total. The van der Waals surface area contributed by atoms with E-state index in [2.05, 4.69) is 0 Å². The van der Waals surface area contributed by atoms with Crippen LogP contribution in [0.2, 0.25) is 0 Å². The smallest absolute Gasteiger partial charge is 0.185 e. The van der Waals surface area contributed by atoms with Crippen LogP contribution in [0, 0.1) is 5.92 Å². The van der Waals surface area contributed by atoms with Crippen molar-refractivity contribution < 1.29 is 23.0 Å². The van der Waals surface area contributed by atoms with Gasteiger partial charge in [-0.05, 0) is 12.8 Å². The van der Waals surface area contributed by atoms with Crippen molar-refractivity contribution in [1.29, 1.82) is 0 Å². The van der Waals surface area contributed by atoms with Gasteiger partial charge in [-0.3, -0.25) is 0 Å². The monoisotopic (exact) mass is 250 g/mol. The molecule has 0 aromatic rings. The molecule has 0 aromatic carbocycles. The van der Waals surface area contributed by atoms with Crippen LogP contribution in [0.1, 0.15) is 19.8 Å². The summed E-state index contributed by atoms with van der Waals surface area (Å²) in [4.78, 5) is 0. The molecule has 2 fully saturated rings. The highest BCUT2D eigenvalue weighted by atomic mass is 32.2. The van der Waals surface area contributed by atoms with E-state index in [1.807, 2.05) is 0 Å². The Labute approximate surface area is 95.7 Å². The van der Waals surface area contributed by atoms with Gasteiger partial charge in [-0.1, -0.05) is 6.92 Å². The van der Waals surface area contributed by atoms with Crippen LogP contribution in [0.25, 0.3) is 0 Å². The Bertz CT molecular complexity index is 348. The minimum Gasteiger partial charge on any atom is -0.394 e. The third-order valence-electron chi connectivity index (χ3n) is 3.14.